The van der Waals surface area contributed by atoms with Gasteiger partial charge in [-0.15, -0.1) is 11.8 Å². The van der Waals surface area contributed by atoms with Gasteiger partial charge in [0, 0.05) is 11.8 Å². The molecule has 1 aliphatic heterocycles. The third-order valence-electron chi connectivity index (χ3n) is 3.09. The summed E-state index contributed by atoms with van der Waals surface area (Å²) in [6, 6.07) is 1.31. The van der Waals surface area contributed by atoms with E-state index in [2.05, 4.69) is 10.5 Å². The molecule has 0 saturated carbocycles. The number of hydrogen-bond donors (Lipinski definition) is 1. The van der Waals surface area contributed by atoms with Crippen molar-refractivity contribution in [1.29, 1.82) is 0 Å². The second-order valence-electron chi connectivity index (χ2n) is 4.54. The van der Waals surface area contributed by atoms with Gasteiger partial charge in [0.15, 0.2) is 5.76 Å². The molecule has 1 N–H and O–H groups in total. The molecular weight excluding hydrogens is 294 g/mol. The summed E-state index contributed by atoms with van der Waals surface area (Å²) in [7, 11) is 0. The molecule has 1 atom stereocenters. The van der Waals surface area contributed by atoms with E-state index in [-0.39, 0.29) is 12.5 Å². The van der Waals surface area contributed by atoms with Crippen molar-refractivity contribution in [2.45, 2.75) is 32.9 Å². The lowest BCUT2D eigenvalue weighted by Gasteiger charge is -2.21. The molecule has 8 heteroatoms. The highest BCUT2D eigenvalue weighted by atomic mass is 32.2. The van der Waals surface area contributed by atoms with Crippen LogP contribution in [0.4, 0.5) is 4.79 Å². The number of rotatable bonds is 5. The molecule has 21 heavy (non-hydrogen) atoms. The molecule has 0 aromatic carbocycles. The lowest BCUT2D eigenvalue weighted by Crippen LogP contribution is -2.47. The summed E-state index contributed by atoms with van der Waals surface area (Å²) >= 11 is 1.53. The molecule has 0 bridgehead atoms. The van der Waals surface area contributed by atoms with E-state index in [1.54, 1.807) is 6.92 Å². The fourth-order valence-electron chi connectivity index (χ4n) is 1.94. The molecule has 1 aliphatic rings. The first-order valence-electron chi connectivity index (χ1n) is 6.89. The van der Waals surface area contributed by atoms with Gasteiger partial charge < -0.3 is 14.6 Å². The maximum Gasteiger partial charge on any atom is 0.411 e. The topological polar surface area (TPSA) is 84.7 Å². The molecule has 0 radical (unpaired) electrons. The van der Waals surface area contributed by atoms with Crippen molar-refractivity contribution in [3.63, 3.8) is 0 Å². The van der Waals surface area contributed by atoms with Gasteiger partial charge in [-0.05, 0) is 13.3 Å². The molecule has 1 aromatic heterocycles. The molecule has 1 saturated heterocycles. The predicted molar refractivity (Wildman–Crippen MR) is 77.7 cm³/mol. The molecule has 2 amide bonds. The molecule has 2 rings (SSSR count). The summed E-state index contributed by atoms with van der Waals surface area (Å²) < 4.78 is 10.1. The number of aryl methyl sites for hydroxylation is 1. The molecule has 2 heterocycles. The number of hydrogen-bond acceptors (Lipinski definition) is 6. The lowest BCUT2D eigenvalue weighted by molar-refractivity contribution is -0.125. The fourth-order valence-corrected chi connectivity index (χ4v) is 3.09. The predicted octanol–water partition coefficient (Wildman–Crippen LogP) is 1.38. The summed E-state index contributed by atoms with van der Waals surface area (Å²) in [6.45, 7) is 4.29. The minimum absolute atomic E-state index is 0.206. The average molecular weight is 313 g/mol. The van der Waals surface area contributed by atoms with Crippen molar-refractivity contribution in [3.8, 4) is 0 Å². The van der Waals surface area contributed by atoms with E-state index in [1.807, 2.05) is 13.0 Å². The van der Waals surface area contributed by atoms with Crippen LogP contribution in [0, 0.1) is 0 Å². The monoisotopic (exact) mass is 313 g/mol. The number of amides is 2. The molecule has 0 aliphatic carbocycles. The minimum Gasteiger partial charge on any atom is -0.450 e. The zero-order chi connectivity index (χ0) is 15.2. The zero-order valence-electron chi connectivity index (χ0n) is 12.1. The van der Waals surface area contributed by atoms with Crippen LogP contribution in [0.1, 0.15) is 25.3 Å². The Bertz CT molecular complexity index is 505. The van der Waals surface area contributed by atoms with E-state index in [9.17, 15) is 9.59 Å². The normalized spacial score (nSPS) is 17.8. The Kier molecular flexibility index (Phi) is 5.49. The highest BCUT2D eigenvalue weighted by Crippen LogP contribution is 2.22. The van der Waals surface area contributed by atoms with Gasteiger partial charge in [-0.3, -0.25) is 9.69 Å². The maximum atomic E-state index is 12.2. The van der Waals surface area contributed by atoms with Gasteiger partial charge in [0.1, 0.15) is 6.04 Å². The number of carbonyl (C=O) groups excluding carboxylic acids is 2. The van der Waals surface area contributed by atoms with Crippen molar-refractivity contribution in [2.24, 2.45) is 0 Å². The highest BCUT2D eigenvalue weighted by molar-refractivity contribution is 7.99. The molecule has 7 nitrogen and oxygen atoms in total. The van der Waals surface area contributed by atoms with Gasteiger partial charge >= 0.3 is 6.09 Å². The van der Waals surface area contributed by atoms with Crippen LogP contribution in [0.2, 0.25) is 0 Å². The Morgan fingerprint density at radius 3 is 3.05 bits per heavy atom. The quantitative estimate of drug-likeness (QED) is 0.884. The van der Waals surface area contributed by atoms with Gasteiger partial charge in [0.05, 0.1) is 24.7 Å². The Labute approximate surface area is 127 Å². The van der Waals surface area contributed by atoms with Gasteiger partial charge in [0.25, 0.3) is 0 Å². The summed E-state index contributed by atoms with van der Waals surface area (Å²) in [5, 5.41) is 6.63. The standard InChI is InChI=1S/C13H19N3O4S/c1-3-9-5-10(20-15-9)6-14-12(17)11-7-21-8-16(11)13(18)19-4-2/h5,11H,3-4,6-8H2,1-2H3,(H,14,17). The van der Waals surface area contributed by atoms with Gasteiger partial charge in [-0.25, -0.2) is 4.79 Å². The summed E-state index contributed by atoms with van der Waals surface area (Å²) in [6.07, 6.45) is 0.337. The molecule has 1 fully saturated rings. The fraction of sp³-hybridized carbons (Fsp3) is 0.615. The number of thioether (sulfide) groups is 1. The second kappa shape index (κ2) is 7.35. The maximum absolute atomic E-state index is 12.2. The van der Waals surface area contributed by atoms with Crippen LogP contribution in [0.15, 0.2) is 10.6 Å². The highest BCUT2D eigenvalue weighted by Gasteiger charge is 2.35. The van der Waals surface area contributed by atoms with Crippen LogP contribution in [-0.2, 0) is 22.5 Å². The molecule has 116 valence electrons. The van der Waals surface area contributed by atoms with Crippen molar-refractivity contribution in [3.05, 3.63) is 17.5 Å². The van der Waals surface area contributed by atoms with Crippen molar-refractivity contribution in [1.82, 2.24) is 15.4 Å². The number of aromatic nitrogens is 1. The third kappa shape index (κ3) is 3.90. The molecule has 1 aromatic rings. The summed E-state index contributed by atoms with van der Waals surface area (Å²) in [4.78, 5) is 25.4. The van der Waals surface area contributed by atoms with Gasteiger partial charge in [-0.1, -0.05) is 12.1 Å². The summed E-state index contributed by atoms with van der Waals surface area (Å²) in [5.74, 6) is 1.44. The minimum atomic E-state index is -0.498. The van der Waals surface area contributed by atoms with E-state index in [0.29, 0.717) is 24.0 Å². The average Bonchev–Trinajstić information content (AvgIpc) is 3.13. The first-order valence-corrected chi connectivity index (χ1v) is 8.04. The van der Waals surface area contributed by atoms with Gasteiger partial charge in [0.2, 0.25) is 5.91 Å². The van der Waals surface area contributed by atoms with Crippen LogP contribution < -0.4 is 5.32 Å². The van der Waals surface area contributed by atoms with Gasteiger partial charge in [-0.2, -0.15) is 0 Å². The number of nitrogens with zero attached hydrogens (tertiary/aromatic N) is 2. The zero-order valence-corrected chi connectivity index (χ0v) is 12.9. The van der Waals surface area contributed by atoms with Crippen LogP contribution in [0.5, 0.6) is 0 Å². The van der Waals surface area contributed by atoms with Crippen LogP contribution >= 0.6 is 11.8 Å². The number of nitrogens with one attached hydrogen (secondary N) is 1. The van der Waals surface area contributed by atoms with E-state index in [0.717, 1.165) is 12.1 Å². The third-order valence-corrected chi connectivity index (χ3v) is 4.11. The van der Waals surface area contributed by atoms with Crippen molar-refractivity contribution < 1.29 is 18.8 Å². The number of carbonyl (C=O) groups is 2. The Balaban J connectivity index is 1.88. The smallest absolute Gasteiger partial charge is 0.411 e. The SMILES string of the molecule is CCOC(=O)N1CSCC1C(=O)NCc1cc(CC)no1. The Morgan fingerprint density at radius 1 is 1.57 bits per heavy atom. The molecule has 1 unspecified atom stereocenters. The van der Waals surface area contributed by atoms with E-state index in [4.69, 9.17) is 9.26 Å². The Hall–Kier alpha value is -1.70. The van der Waals surface area contributed by atoms with Crippen LogP contribution in [0.3, 0.4) is 0 Å². The molecular formula is C13H19N3O4S. The first kappa shape index (κ1) is 15.7. The summed E-state index contributed by atoms with van der Waals surface area (Å²) in [5.41, 5.74) is 0.851. The van der Waals surface area contributed by atoms with E-state index >= 15 is 0 Å². The van der Waals surface area contributed by atoms with Crippen LogP contribution in [0.25, 0.3) is 0 Å². The van der Waals surface area contributed by atoms with E-state index in [1.165, 1.54) is 16.7 Å². The first-order chi connectivity index (χ1) is 10.2. The van der Waals surface area contributed by atoms with Crippen LogP contribution in [-0.4, -0.2) is 46.3 Å². The van der Waals surface area contributed by atoms with E-state index < -0.39 is 12.1 Å². The second-order valence-corrected chi connectivity index (χ2v) is 5.54. The Morgan fingerprint density at radius 2 is 2.38 bits per heavy atom. The lowest BCUT2D eigenvalue weighted by atomic mass is 10.2. The van der Waals surface area contributed by atoms with Crippen molar-refractivity contribution in [2.75, 3.05) is 18.2 Å². The largest absolute Gasteiger partial charge is 0.450 e. The van der Waals surface area contributed by atoms with Crippen molar-refractivity contribution >= 4 is 23.8 Å². The number of ether oxygens (including phenoxy) is 1. The molecule has 0 spiro atoms.